The van der Waals surface area contributed by atoms with Crippen LogP contribution in [0.5, 0.6) is 0 Å². The summed E-state index contributed by atoms with van der Waals surface area (Å²) in [7, 11) is 1.69. The van der Waals surface area contributed by atoms with Crippen LogP contribution < -0.4 is 10.9 Å². The molecule has 2 aromatic rings. The second-order valence-corrected chi connectivity index (χ2v) is 3.66. The first-order valence-electron chi connectivity index (χ1n) is 5.41. The summed E-state index contributed by atoms with van der Waals surface area (Å²) in [5.74, 6) is 0.957. The molecule has 2 rings (SSSR count). The summed E-state index contributed by atoms with van der Waals surface area (Å²) in [6.45, 7) is 3.41. The van der Waals surface area contributed by atoms with Gasteiger partial charge in [0.05, 0.1) is 6.54 Å². The first-order valence-corrected chi connectivity index (χ1v) is 5.41. The molecule has 90 valence electrons. The molecule has 0 saturated heterocycles. The third kappa shape index (κ3) is 2.59. The molecule has 0 atom stereocenters. The normalized spacial score (nSPS) is 10.7. The number of aromatic nitrogens is 3. The van der Waals surface area contributed by atoms with Crippen LogP contribution in [0.1, 0.15) is 12.7 Å². The first kappa shape index (κ1) is 11.5. The fourth-order valence-corrected chi connectivity index (χ4v) is 1.36. The molecular weight excluding hydrogens is 220 g/mol. The van der Waals surface area contributed by atoms with Crippen LogP contribution in [0, 0.1) is 0 Å². The van der Waals surface area contributed by atoms with E-state index in [9.17, 15) is 4.79 Å². The third-order valence-electron chi connectivity index (χ3n) is 2.35. The molecule has 0 unspecified atom stereocenters. The molecule has 0 aromatic carbocycles. The Kier molecular flexibility index (Phi) is 3.34. The van der Waals surface area contributed by atoms with Crippen molar-refractivity contribution in [2.75, 3.05) is 6.54 Å². The van der Waals surface area contributed by atoms with Crippen molar-refractivity contribution >= 4 is 0 Å². The van der Waals surface area contributed by atoms with Gasteiger partial charge in [-0.05, 0) is 12.6 Å². The van der Waals surface area contributed by atoms with Gasteiger partial charge in [-0.15, -0.1) is 0 Å². The Bertz CT molecular complexity index is 559. The van der Waals surface area contributed by atoms with E-state index < -0.39 is 0 Å². The van der Waals surface area contributed by atoms with E-state index in [1.807, 2.05) is 6.92 Å². The quantitative estimate of drug-likeness (QED) is 0.836. The Morgan fingerprint density at radius 1 is 1.53 bits per heavy atom. The van der Waals surface area contributed by atoms with Crippen molar-refractivity contribution in [1.82, 2.24) is 20.0 Å². The summed E-state index contributed by atoms with van der Waals surface area (Å²) in [4.78, 5) is 15.7. The van der Waals surface area contributed by atoms with Crippen molar-refractivity contribution in [1.29, 1.82) is 0 Å². The van der Waals surface area contributed by atoms with Crippen molar-refractivity contribution in [3.05, 3.63) is 34.5 Å². The predicted octanol–water partition coefficient (Wildman–Crippen LogP) is 0.545. The number of nitrogens with zero attached hydrogens (tertiary/aromatic N) is 3. The van der Waals surface area contributed by atoms with Gasteiger partial charge < -0.3 is 14.4 Å². The zero-order valence-electron chi connectivity index (χ0n) is 9.80. The first-order chi connectivity index (χ1) is 8.20. The van der Waals surface area contributed by atoms with Crippen molar-refractivity contribution in [2.45, 2.75) is 13.5 Å². The number of nitrogens with one attached hydrogen (secondary N) is 1. The maximum absolute atomic E-state index is 11.5. The molecular formula is C11H14N4O2. The lowest BCUT2D eigenvalue weighted by molar-refractivity contribution is 0.419. The number of aryl methyl sites for hydroxylation is 1. The van der Waals surface area contributed by atoms with E-state index in [-0.39, 0.29) is 5.56 Å². The molecule has 0 bridgehead atoms. The highest BCUT2D eigenvalue weighted by atomic mass is 16.5. The smallest absolute Gasteiger partial charge is 0.258 e. The molecule has 6 heteroatoms. The Labute approximate surface area is 98.3 Å². The molecule has 17 heavy (non-hydrogen) atoms. The van der Waals surface area contributed by atoms with Crippen molar-refractivity contribution in [2.24, 2.45) is 7.05 Å². The summed E-state index contributed by atoms with van der Waals surface area (Å²) in [6.07, 6.45) is 1.67. The van der Waals surface area contributed by atoms with Crippen LogP contribution in [0.4, 0.5) is 0 Å². The zero-order valence-corrected chi connectivity index (χ0v) is 9.80. The number of hydrogen-bond acceptors (Lipinski definition) is 5. The van der Waals surface area contributed by atoms with E-state index in [2.05, 4.69) is 15.5 Å². The minimum Gasteiger partial charge on any atom is -0.334 e. The Hall–Kier alpha value is -1.95. The lowest BCUT2D eigenvalue weighted by Crippen LogP contribution is -2.14. The molecule has 6 nitrogen and oxygen atoms in total. The van der Waals surface area contributed by atoms with Crippen LogP contribution >= 0.6 is 0 Å². The molecule has 0 saturated carbocycles. The number of pyridine rings is 1. The summed E-state index contributed by atoms with van der Waals surface area (Å²) < 4.78 is 6.58. The number of hydrogen-bond donors (Lipinski definition) is 1. The molecule has 1 N–H and O–H groups in total. The molecule has 0 fully saturated rings. The van der Waals surface area contributed by atoms with Crippen LogP contribution in [-0.4, -0.2) is 21.3 Å². The maximum atomic E-state index is 11.5. The second-order valence-electron chi connectivity index (χ2n) is 3.66. The fraction of sp³-hybridized carbons (Fsp3) is 0.364. The summed E-state index contributed by atoms with van der Waals surface area (Å²) in [5.41, 5.74) is 0.539. The second kappa shape index (κ2) is 4.92. The Balaban J connectivity index is 2.24. The van der Waals surface area contributed by atoms with Crippen LogP contribution in [0.2, 0.25) is 0 Å². The van der Waals surface area contributed by atoms with Crippen molar-refractivity contribution in [3.63, 3.8) is 0 Å². The van der Waals surface area contributed by atoms with E-state index in [1.165, 1.54) is 10.6 Å². The molecule has 2 heterocycles. The molecule has 0 radical (unpaired) electrons. The van der Waals surface area contributed by atoms with Crippen LogP contribution in [0.15, 0.2) is 27.6 Å². The zero-order chi connectivity index (χ0) is 12.3. The maximum Gasteiger partial charge on any atom is 0.258 e. The molecule has 0 aliphatic carbocycles. The predicted molar refractivity (Wildman–Crippen MR) is 62.4 cm³/mol. The van der Waals surface area contributed by atoms with E-state index in [0.717, 1.165) is 6.54 Å². The van der Waals surface area contributed by atoms with Crippen LogP contribution in [0.25, 0.3) is 11.5 Å². The Morgan fingerprint density at radius 2 is 2.35 bits per heavy atom. The fourth-order valence-electron chi connectivity index (χ4n) is 1.36. The van der Waals surface area contributed by atoms with Gasteiger partial charge in [-0.25, -0.2) is 0 Å². The van der Waals surface area contributed by atoms with E-state index in [1.54, 1.807) is 19.3 Å². The van der Waals surface area contributed by atoms with E-state index >= 15 is 0 Å². The van der Waals surface area contributed by atoms with Gasteiger partial charge in [-0.3, -0.25) is 4.79 Å². The van der Waals surface area contributed by atoms with Gasteiger partial charge in [-0.1, -0.05) is 12.1 Å². The van der Waals surface area contributed by atoms with Gasteiger partial charge in [-0.2, -0.15) is 4.98 Å². The summed E-state index contributed by atoms with van der Waals surface area (Å²) in [6, 6.07) is 3.25. The SMILES string of the molecule is CCNCc1noc(-c2ccn(C)c(=O)c2)n1. The van der Waals surface area contributed by atoms with Crippen molar-refractivity contribution < 1.29 is 4.52 Å². The standard InChI is InChI=1S/C11H14N4O2/c1-3-12-7-9-13-11(17-14-9)8-4-5-15(2)10(16)6-8/h4-6,12H,3,7H2,1-2H3. The Morgan fingerprint density at radius 3 is 3.06 bits per heavy atom. The monoisotopic (exact) mass is 234 g/mol. The van der Waals surface area contributed by atoms with Gasteiger partial charge >= 0.3 is 0 Å². The van der Waals surface area contributed by atoms with Gasteiger partial charge in [0.15, 0.2) is 5.82 Å². The topological polar surface area (TPSA) is 73.0 Å². The van der Waals surface area contributed by atoms with E-state index in [4.69, 9.17) is 4.52 Å². The molecule has 2 aromatic heterocycles. The van der Waals surface area contributed by atoms with Crippen LogP contribution in [-0.2, 0) is 13.6 Å². The number of rotatable bonds is 4. The lowest BCUT2D eigenvalue weighted by Gasteiger charge is -1.96. The molecule has 0 spiro atoms. The largest absolute Gasteiger partial charge is 0.334 e. The van der Waals surface area contributed by atoms with Gasteiger partial charge in [0.2, 0.25) is 0 Å². The highest BCUT2D eigenvalue weighted by molar-refractivity contribution is 5.51. The van der Waals surface area contributed by atoms with Gasteiger partial charge in [0, 0.05) is 24.9 Å². The van der Waals surface area contributed by atoms with Gasteiger partial charge in [0.25, 0.3) is 11.4 Å². The highest BCUT2D eigenvalue weighted by Crippen LogP contribution is 2.14. The molecule has 0 aliphatic rings. The third-order valence-corrected chi connectivity index (χ3v) is 2.35. The average molecular weight is 234 g/mol. The summed E-state index contributed by atoms with van der Waals surface area (Å²) >= 11 is 0. The van der Waals surface area contributed by atoms with Crippen molar-refractivity contribution in [3.8, 4) is 11.5 Å². The molecule has 0 amide bonds. The summed E-state index contributed by atoms with van der Waals surface area (Å²) in [5, 5.41) is 6.92. The van der Waals surface area contributed by atoms with E-state index in [0.29, 0.717) is 23.8 Å². The van der Waals surface area contributed by atoms with Crippen LogP contribution in [0.3, 0.4) is 0 Å². The van der Waals surface area contributed by atoms with Gasteiger partial charge in [0.1, 0.15) is 0 Å². The average Bonchev–Trinajstić information content (AvgIpc) is 2.79. The highest BCUT2D eigenvalue weighted by Gasteiger charge is 2.08. The minimum absolute atomic E-state index is 0.103. The minimum atomic E-state index is -0.103. The molecule has 0 aliphatic heterocycles. The lowest BCUT2D eigenvalue weighted by atomic mass is 10.2.